The molecule has 0 radical (unpaired) electrons. The van der Waals surface area contributed by atoms with Crippen molar-refractivity contribution in [3.05, 3.63) is 64.3 Å². The Kier molecular flexibility index (Phi) is 6.58. The largest absolute Gasteiger partial charge is 0.504 e. The maximum atomic E-state index is 9.74. The van der Waals surface area contributed by atoms with E-state index in [-0.39, 0.29) is 11.5 Å². The Labute approximate surface area is 178 Å². The minimum absolute atomic E-state index is 0.186. The second kappa shape index (κ2) is 9.32. The van der Waals surface area contributed by atoms with Crippen LogP contribution in [0.2, 0.25) is 0 Å². The summed E-state index contributed by atoms with van der Waals surface area (Å²) in [4.78, 5) is 5.28. The third-order valence-corrected chi connectivity index (χ3v) is 5.03. The fraction of sp³-hybridized carbons (Fsp3) is 0.182. The summed E-state index contributed by atoms with van der Waals surface area (Å²) in [6, 6.07) is 10.0. The molecule has 7 nitrogen and oxygen atoms in total. The van der Waals surface area contributed by atoms with Crippen LogP contribution in [0.4, 0.5) is 0 Å². The first-order valence-electron chi connectivity index (χ1n) is 9.07. The zero-order valence-electron chi connectivity index (χ0n) is 17.0. The predicted octanol–water partition coefficient (Wildman–Crippen LogP) is 4.00. The Bertz CT molecular complexity index is 1160. The van der Waals surface area contributed by atoms with E-state index in [1.54, 1.807) is 31.2 Å². The van der Waals surface area contributed by atoms with Gasteiger partial charge >= 0.3 is 0 Å². The summed E-state index contributed by atoms with van der Waals surface area (Å²) in [5, 5.41) is 25.8. The van der Waals surface area contributed by atoms with E-state index in [0.717, 1.165) is 16.8 Å². The summed E-state index contributed by atoms with van der Waals surface area (Å²) >= 11 is 1.44. The zero-order valence-corrected chi connectivity index (χ0v) is 17.8. The number of hydrogen-bond acceptors (Lipinski definition) is 7. The van der Waals surface area contributed by atoms with Crippen molar-refractivity contribution in [2.45, 2.75) is 6.92 Å². The third kappa shape index (κ3) is 4.72. The van der Waals surface area contributed by atoms with Crippen LogP contribution in [-0.2, 0) is 0 Å². The zero-order chi connectivity index (χ0) is 21.7. The molecule has 2 aromatic carbocycles. The SMILES string of the molecule is C=C(C)CN=c1scc(-c2cc(OC)ccc2OC)n1N=Cc1ccc(O)c(O)c1. The topological polar surface area (TPSA) is 88.6 Å². The van der Waals surface area contributed by atoms with Crippen LogP contribution in [0.15, 0.2) is 64.0 Å². The van der Waals surface area contributed by atoms with Crippen molar-refractivity contribution >= 4 is 17.6 Å². The van der Waals surface area contributed by atoms with Crippen LogP contribution in [0.25, 0.3) is 11.3 Å². The molecule has 3 rings (SSSR count). The molecule has 1 heterocycles. The van der Waals surface area contributed by atoms with E-state index in [0.29, 0.717) is 28.4 Å². The van der Waals surface area contributed by atoms with Crippen molar-refractivity contribution in [1.29, 1.82) is 0 Å². The molecule has 0 unspecified atom stereocenters. The number of aromatic nitrogens is 1. The molecular formula is C22H23N3O4S. The Morgan fingerprint density at radius 2 is 1.93 bits per heavy atom. The van der Waals surface area contributed by atoms with E-state index in [9.17, 15) is 10.2 Å². The summed E-state index contributed by atoms with van der Waals surface area (Å²) in [5.74, 6) is 0.966. The van der Waals surface area contributed by atoms with Crippen molar-refractivity contribution in [3.63, 3.8) is 0 Å². The molecule has 8 heteroatoms. The van der Waals surface area contributed by atoms with E-state index in [2.05, 4.69) is 16.7 Å². The second-order valence-electron chi connectivity index (χ2n) is 6.55. The van der Waals surface area contributed by atoms with Crippen molar-refractivity contribution in [3.8, 4) is 34.3 Å². The van der Waals surface area contributed by atoms with E-state index in [1.807, 2.05) is 30.5 Å². The Morgan fingerprint density at radius 1 is 1.13 bits per heavy atom. The number of rotatable bonds is 7. The lowest BCUT2D eigenvalue weighted by molar-refractivity contribution is 0.403. The average Bonchev–Trinajstić information content (AvgIpc) is 3.15. The number of aromatic hydroxyl groups is 2. The van der Waals surface area contributed by atoms with Crippen LogP contribution in [0.5, 0.6) is 23.0 Å². The number of nitrogens with zero attached hydrogens (tertiary/aromatic N) is 3. The Balaban J connectivity index is 2.15. The molecule has 0 aliphatic rings. The van der Waals surface area contributed by atoms with Crippen LogP contribution in [-0.4, -0.2) is 41.9 Å². The van der Waals surface area contributed by atoms with E-state index < -0.39 is 0 Å². The fourth-order valence-electron chi connectivity index (χ4n) is 2.67. The van der Waals surface area contributed by atoms with Crippen LogP contribution < -0.4 is 14.3 Å². The van der Waals surface area contributed by atoms with Crippen molar-refractivity contribution in [2.24, 2.45) is 10.1 Å². The number of methoxy groups -OCH3 is 2. The first-order chi connectivity index (χ1) is 14.4. The van der Waals surface area contributed by atoms with Gasteiger partial charge in [-0.05, 0) is 48.9 Å². The lowest BCUT2D eigenvalue weighted by Crippen LogP contribution is -2.13. The molecule has 1 aromatic heterocycles. The standard InChI is InChI=1S/C22H23N3O4S/c1-14(2)11-23-22-25(24-12-15-5-7-19(26)20(27)9-15)18(13-30-22)17-10-16(28-3)6-8-21(17)29-4/h5-10,12-13,26-27H,1,11H2,2-4H3. The van der Waals surface area contributed by atoms with Crippen LogP contribution in [0.3, 0.4) is 0 Å². The van der Waals surface area contributed by atoms with E-state index >= 15 is 0 Å². The highest BCUT2D eigenvalue weighted by molar-refractivity contribution is 7.07. The van der Waals surface area contributed by atoms with E-state index in [1.165, 1.54) is 23.5 Å². The molecule has 0 aliphatic carbocycles. The van der Waals surface area contributed by atoms with Gasteiger partial charge < -0.3 is 19.7 Å². The average molecular weight is 426 g/mol. The third-order valence-electron chi connectivity index (χ3n) is 4.17. The van der Waals surface area contributed by atoms with Crippen molar-refractivity contribution in [2.75, 3.05) is 20.8 Å². The number of hydrogen-bond donors (Lipinski definition) is 2. The van der Waals surface area contributed by atoms with Gasteiger partial charge in [-0.3, -0.25) is 4.99 Å². The predicted molar refractivity (Wildman–Crippen MR) is 119 cm³/mol. The van der Waals surface area contributed by atoms with Gasteiger partial charge in [0.1, 0.15) is 11.5 Å². The number of ether oxygens (including phenoxy) is 2. The quantitative estimate of drug-likeness (QED) is 0.340. The van der Waals surface area contributed by atoms with Crippen molar-refractivity contribution < 1.29 is 19.7 Å². The minimum atomic E-state index is -0.212. The number of thiazole rings is 1. The van der Waals surface area contributed by atoms with Gasteiger partial charge in [-0.1, -0.05) is 12.2 Å². The van der Waals surface area contributed by atoms with Gasteiger partial charge in [-0.15, -0.1) is 11.3 Å². The molecular weight excluding hydrogens is 402 g/mol. The molecule has 30 heavy (non-hydrogen) atoms. The smallest absolute Gasteiger partial charge is 0.206 e. The van der Waals surface area contributed by atoms with Gasteiger partial charge in [0.25, 0.3) is 0 Å². The summed E-state index contributed by atoms with van der Waals surface area (Å²) in [5.41, 5.74) is 3.13. The summed E-state index contributed by atoms with van der Waals surface area (Å²) in [6.07, 6.45) is 1.59. The number of phenolic OH excluding ortho intramolecular Hbond substituents is 2. The normalized spacial score (nSPS) is 11.8. The molecule has 0 saturated heterocycles. The van der Waals surface area contributed by atoms with Crippen LogP contribution in [0, 0.1) is 0 Å². The molecule has 0 bridgehead atoms. The number of benzene rings is 2. The summed E-state index contributed by atoms with van der Waals surface area (Å²) in [6.45, 7) is 6.29. The number of phenols is 2. The van der Waals surface area contributed by atoms with Gasteiger partial charge in [0.05, 0.1) is 32.7 Å². The molecule has 3 aromatic rings. The molecule has 156 valence electrons. The molecule has 0 aliphatic heterocycles. The van der Waals surface area contributed by atoms with E-state index in [4.69, 9.17) is 9.47 Å². The maximum absolute atomic E-state index is 9.74. The maximum Gasteiger partial charge on any atom is 0.206 e. The van der Waals surface area contributed by atoms with Crippen LogP contribution >= 0.6 is 11.3 Å². The molecule has 0 saturated carbocycles. The van der Waals surface area contributed by atoms with Gasteiger partial charge in [0, 0.05) is 10.9 Å². The summed E-state index contributed by atoms with van der Waals surface area (Å²) < 4.78 is 12.6. The Hall–Kier alpha value is -3.52. The molecule has 0 amide bonds. The van der Waals surface area contributed by atoms with Gasteiger partial charge in [-0.25, -0.2) is 4.68 Å². The molecule has 0 fully saturated rings. The molecule has 2 N–H and O–H groups in total. The first-order valence-corrected chi connectivity index (χ1v) is 9.95. The van der Waals surface area contributed by atoms with Crippen LogP contribution in [0.1, 0.15) is 12.5 Å². The van der Waals surface area contributed by atoms with Gasteiger partial charge in [0.15, 0.2) is 11.5 Å². The highest BCUT2D eigenvalue weighted by atomic mass is 32.1. The highest BCUT2D eigenvalue weighted by Crippen LogP contribution is 2.33. The first kappa shape index (κ1) is 21.2. The highest BCUT2D eigenvalue weighted by Gasteiger charge is 2.14. The monoisotopic (exact) mass is 425 g/mol. The Morgan fingerprint density at radius 3 is 2.60 bits per heavy atom. The van der Waals surface area contributed by atoms with Crippen molar-refractivity contribution in [1.82, 2.24) is 4.68 Å². The second-order valence-corrected chi connectivity index (χ2v) is 7.38. The molecule has 0 atom stereocenters. The van der Waals surface area contributed by atoms with Gasteiger partial charge in [-0.2, -0.15) is 5.10 Å². The van der Waals surface area contributed by atoms with Gasteiger partial charge in [0.2, 0.25) is 4.80 Å². The fourth-order valence-corrected chi connectivity index (χ4v) is 3.50. The lowest BCUT2D eigenvalue weighted by atomic mass is 10.1. The minimum Gasteiger partial charge on any atom is -0.504 e. The lowest BCUT2D eigenvalue weighted by Gasteiger charge is -2.11. The molecule has 0 spiro atoms. The summed E-state index contributed by atoms with van der Waals surface area (Å²) in [7, 11) is 3.22.